The molecule has 2 nitrogen and oxygen atoms in total. The number of hydrogen-bond acceptors (Lipinski definition) is 2. The highest BCUT2D eigenvalue weighted by Crippen LogP contribution is 2.01. The van der Waals surface area contributed by atoms with Crippen molar-refractivity contribution < 1.29 is 4.74 Å². The maximum absolute atomic E-state index is 5.15. The molecule has 0 radical (unpaired) electrons. The maximum Gasteiger partial charge on any atom is 0.0620 e. The molecule has 56 valence electrons. The lowest BCUT2D eigenvalue weighted by molar-refractivity contribution is 0.190. The van der Waals surface area contributed by atoms with Crippen molar-refractivity contribution in [3.63, 3.8) is 0 Å². The summed E-state index contributed by atoms with van der Waals surface area (Å²) in [4.78, 5) is 0. The van der Waals surface area contributed by atoms with Crippen LogP contribution in [0, 0.1) is 0 Å². The first kappa shape index (κ1) is 9.21. The summed E-state index contributed by atoms with van der Waals surface area (Å²) < 4.78 is 5.15. The average molecular weight is 152 g/mol. The number of hydrogen-bond donors (Lipinski definition) is 1. The normalized spacial score (nSPS) is 25.7. The number of likely N-dealkylation sites (N-methyl/N-ethyl adjacent to an activating group) is 1. The Balaban J connectivity index is 0.000000640. The molecule has 1 heterocycles. The summed E-state index contributed by atoms with van der Waals surface area (Å²) in [6.45, 7) is 5.04. The maximum atomic E-state index is 5.15. The Morgan fingerprint density at radius 1 is 1.67 bits per heavy atom. The quantitative estimate of drug-likeness (QED) is 0.631. The zero-order valence-electron chi connectivity index (χ0n) is 5.72. The first-order valence-corrected chi connectivity index (χ1v) is 3.24. The Labute approximate surface area is 62.4 Å². The van der Waals surface area contributed by atoms with Gasteiger partial charge >= 0.3 is 0 Å². The number of nitrogens with one attached hydrogen (secondary N) is 1. The standard InChI is InChI=1S/C6H13NO.ClH/c1-2-7-6-3-4-8-5-6;/h6-7H,2-5H2,1H3;1H/t6-;/m1./s1. The van der Waals surface area contributed by atoms with Crippen molar-refractivity contribution in [3.8, 4) is 0 Å². The van der Waals surface area contributed by atoms with Gasteiger partial charge in [0.2, 0.25) is 0 Å². The summed E-state index contributed by atoms with van der Waals surface area (Å²) in [5, 5.41) is 3.32. The van der Waals surface area contributed by atoms with Gasteiger partial charge in [0, 0.05) is 12.6 Å². The van der Waals surface area contributed by atoms with E-state index in [1.807, 2.05) is 0 Å². The van der Waals surface area contributed by atoms with Crippen molar-refractivity contribution in [1.82, 2.24) is 5.32 Å². The average Bonchev–Trinajstić information content (AvgIpc) is 2.19. The Hall–Kier alpha value is 0.210. The van der Waals surface area contributed by atoms with E-state index in [0.717, 1.165) is 19.8 Å². The third-order valence-electron chi connectivity index (χ3n) is 1.42. The van der Waals surface area contributed by atoms with Crippen LogP contribution in [0.2, 0.25) is 0 Å². The van der Waals surface area contributed by atoms with Crippen molar-refractivity contribution in [2.45, 2.75) is 19.4 Å². The molecule has 1 aliphatic heterocycles. The van der Waals surface area contributed by atoms with E-state index in [0.29, 0.717) is 6.04 Å². The molecule has 1 N–H and O–H groups in total. The number of halogens is 1. The van der Waals surface area contributed by atoms with Gasteiger partial charge in [0.25, 0.3) is 0 Å². The largest absolute Gasteiger partial charge is 0.380 e. The van der Waals surface area contributed by atoms with Gasteiger partial charge in [-0.15, -0.1) is 12.4 Å². The van der Waals surface area contributed by atoms with Crippen LogP contribution in [0.5, 0.6) is 0 Å². The highest BCUT2D eigenvalue weighted by Gasteiger charge is 2.12. The van der Waals surface area contributed by atoms with E-state index in [9.17, 15) is 0 Å². The van der Waals surface area contributed by atoms with Gasteiger partial charge in [0.15, 0.2) is 0 Å². The predicted octanol–water partition coefficient (Wildman–Crippen LogP) is 0.807. The molecule has 3 heteroatoms. The highest BCUT2D eigenvalue weighted by atomic mass is 35.5. The molecule has 0 aromatic carbocycles. The van der Waals surface area contributed by atoms with Gasteiger partial charge in [0.1, 0.15) is 0 Å². The van der Waals surface area contributed by atoms with Crippen LogP contribution in [0.4, 0.5) is 0 Å². The van der Waals surface area contributed by atoms with Crippen molar-refractivity contribution in [2.75, 3.05) is 19.8 Å². The Morgan fingerprint density at radius 2 is 2.44 bits per heavy atom. The van der Waals surface area contributed by atoms with Crippen LogP contribution in [-0.4, -0.2) is 25.8 Å². The molecule has 0 spiro atoms. The minimum atomic E-state index is 0. The van der Waals surface area contributed by atoms with Gasteiger partial charge in [0.05, 0.1) is 6.61 Å². The first-order valence-electron chi connectivity index (χ1n) is 3.24. The van der Waals surface area contributed by atoms with E-state index in [1.165, 1.54) is 6.42 Å². The summed E-state index contributed by atoms with van der Waals surface area (Å²) in [6.07, 6.45) is 1.19. The Kier molecular flexibility index (Phi) is 5.15. The second-order valence-corrected chi connectivity index (χ2v) is 2.12. The lowest BCUT2D eigenvalue weighted by atomic mass is 10.3. The van der Waals surface area contributed by atoms with Gasteiger partial charge in [-0.2, -0.15) is 0 Å². The van der Waals surface area contributed by atoms with Crippen LogP contribution in [0.3, 0.4) is 0 Å². The molecule has 0 saturated carbocycles. The monoisotopic (exact) mass is 151 g/mol. The molecular formula is C6H14ClNO. The topological polar surface area (TPSA) is 21.3 Å². The minimum Gasteiger partial charge on any atom is -0.380 e. The summed E-state index contributed by atoms with van der Waals surface area (Å²) in [5.74, 6) is 0. The van der Waals surface area contributed by atoms with E-state index in [1.54, 1.807) is 0 Å². The third kappa shape index (κ3) is 3.04. The second kappa shape index (κ2) is 5.03. The van der Waals surface area contributed by atoms with Crippen LogP contribution in [0.25, 0.3) is 0 Å². The van der Waals surface area contributed by atoms with E-state index in [2.05, 4.69) is 12.2 Å². The van der Waals surface area contributed by atoms with Crippen LogP contribution in [-0.2, 0) is 4.74 Å². The molecule has 0 amide bonds. The SMILES string of the molecule is CCN[C@@H]1CCOC1.Cl. The van der Waals surface area contributed by atoms with Crippen LogP contribution in [0.15, 0.2) is 0 Å². The third-order valence-corrected chi connectivity index (χ3v) is 1.42. The van der Waals surface area contributed by atoms with E-state index < -0.39 is 0 Å². The summed E-state index contributed by atoms with van der Waals surface area (Å²) in [7, 11) is 0. The fourth-order valence-electron chi connectivity index (χ4n) is 0.984. The van der Waals surface area contributed by atoms with Gasteiger partial charge in [-0.25, -0.2) is 0 Å². The van der Waals surface area contributed by atoms with Crippen molar-refractivity contribution >= 4 is 12.4 Å². The molecule has 1 atom stereocenters. The molecule has 0 bridgehead atoms. The molecule has 1 rings (SSSR count). The molecule has 1 fully saturated rings. The van der Waals surface area contributed by atoms with E-state index in [4.69, 9.17) is 4.74 Å². The van der Waals surface area contributed by atoms with Crippen LogP contribution in [0.1, 0.15) is 13.3 Å². The zero-order valence-corrected chi connectivity index (χ0v) is 6.54. The first-order chi connectivity index (χ1) is 3.93. The van der Waals surface area contributed by atoms with Gasteiger partial charge in [-0.05, 0) is 13.0 Å². The van der Waals surface area contributed by atoms with Gasteiger partial charge in [-0.1, -0.05) is 6.92 Å². The molecule has 0 aromatic heterocycles. The fourth-order valence-corrected chi connectivity index (χ4v) is 0.984. The Morgan fingerprint density at radius 3 is 2.89 bits per heavy atom. The molecule has 0 aliphatic carbocycles. The lowest BCUT2D eigenvalue weighted by Crippen LogP contribution is -2.28. The lowest BCUT2D eigenvalue weighted by Gasteiger charge is -2.05. The smallest absolute Gasteiger partial charge is 0.0620 e. The van der Waals surface area contributed by atoms with E-state index >= 15 is 0 Å². The van der Waals surface area contributed by atoms with E-state index in [-0.39, 0.29) is 12.4 Å². The molecule has 9 heavy (non-hydrogen) atoms. The van der Waals surface area contributed by atoms with Crippen molar-refractivity contribution in [1.29, 1.82) is 0 Å². The minimum absolute atomic E-state index is 0. The Bertz CT molecular complexity index is 64.1. The second-order valence-electron chi connectivity index (χ2n) is 2.12. The zero-order chi connectivity index (χ0) is 5.82. The molecular weight excluding hydrogens is 138 g/mol. The summed E-state index contributed by atoms with van der Waals surface area (Å²) in [6, 6.07) is 0.639. The number of rotatable bonds is 2. The summed E-state index contributed by atoms with van der Waals surface area (Å²) in [5.41, 5.74) is 0. The van der Waals surface area contributed by atoms with Crippen LogP contribution < -0.4 is 5.32 Å². The van der Waals surface area contributed by atoms with Gasteiger partial charge in [-0.3, -0.25) is 0 Å². The van der Waals surface area contributed by atoms with Gasteiger partial charge < -0.3 is 10.1 Å². The van der Waals surface area contributed by atoms with Crippen LogP contribution >= 0.6 is 12.4 Å². The fraction of sp³-hybridized carbons (Fsp3) is 1.00. The van der Waals surface area contributed by atoms with Crippen molar-refractivity contribution in [2.24, 2.45) is 0 Å². The summed E-state index contributed by atoms with van der Waals surface area (Å²) >= 11 is 0. The van der Waals surface area contributed by atoms with Crippen molar-refractivity contribution in [3.05, 3.63) is 0 Å². The predicted molar refractivity (Wildman–Crippen MR) is 40.1 cm³/mol. The molecule has 1 saturated heterocycles. The molecule has 0 aromatic rings. The molecule has 0 unspecified atom stereocenters. The number of ether oxygens (including phenoxy) is 1. The molecule has 1 aliphatic rings. The highest BCUT2D eigenvalue weighted by molar-refractivity contribution is 5.85.